The van der Waals surface area contributed by atoms with Gasteiger partial charge >= 0.3 is 0 Å². The van der Waals surface area contributed by atoms with Crippen LogP contribution in [0.3, 0.4) is 0 Å². The van der Waals surface area contributed by atoms with Crippen molar-refractivity contribution in [3.63, 3.8) is 0 Å². The molecule has 8 rings (SSSR count). The SMILES string of the molecule is C=CCO[C@H]1[C@@H](O[C@@H]2[C@@H](OCc3ccccc3)[C@@H](O)O[C@@H]3COC(c4ccc(OC)cc4)O[C@@H]23)O[C@H](COCc2ccccc2)[C@@H](OCc2ccccc2)[C@@H]1OCc1ccccc1. The first-order valence-electron chi connectivity index (χ1n) is 21.4. The van der Waals surface area contributed by atoms with E-state index in [-0.39, 0.29) is 39.6 Å². The van der Waals surface area contributed by atoms with Gasteiger partial charge < -0.3 is 57.2 Å². The van der Waals surface area contributed by atoms with E-state index in [1.165, 1.54) is 0 Å². The van der Waals surface area contributed by atoms with Crippen molar-refractivity contribution in [3.05, 3.63) is 186 Å². The fourth-order valence-corrected chi connectivity index (χ4v) is 8.02. The van der Waals surface area contributed by atoms with Gasteiger partial charge in [0.05, 0.1) is 53.4 Å². The van der Waals surface area contributed by atoms with Crippen LogP contribution in [0.4, 0.5) is 0 Å². The molecule has 63 heavy (non-hydrogen) atoms. The zero-order valence-corrected chi connectivity index (χ0v) is 35.4. The highest BCUT2D eigenvalue weighted by molar-refractivity contribution is 5.28. The lowest BCUT2D eigenvalue weighted by atomic mass is 9.95. The maximum absolute atomic E-state index is 11.7. The summed E-state index contributed by atoms with van der Waals surface area (Å²) in [5, 5.41) is 11.7. The minimum Gasteiger partial charge on any atom is -0.497 e. The van der Waals surface area contributed by atoms with Crippen molar-refractivity contribution in [2.75, 3.05) is 26.9 Å². The van der Waals surface area contributed by atoms with Gasteiger partial charge in [0.1, 0.15) is 54.6 Å². The molecule has 0 spiro atoms. The number of methoxy groups -OCH3 is 1. The Morgan fingerprint density at radius 2 is 1.13 bits per heavy atom. The Morgan fingerprint density at radius 1 is 0.587 bits per heavy atom. The van der Waals surface area contributed by atoms with Crippen LogP contribution in [0.25, 0.3) is 0 Å². The number of benzene rings is 5. The van der Waals surface area contributed by atoms with Gasteiger partial charge in [-0.3, -0.25) is 0 Å². The molecule has 12 nitrogen and oxygen atoms in total. The fraction of sp³-hybridized carbons (Fsp3) is 0.373. The van der Waals surface area contributed by atoms with Crippen LogP contribution in [-0.4, -0.2) is 93.4 Å². The van der Waals surface area contributed by atoms with Gasteiger partial charge in [0, 0.05) is 5.56 Å². The van der Waals surface area contributed by atoms with Crippen LogP contribution in [0.1, 0.15) is 34.1 Å². The zero-order valence-electron chi connectivity index (χ0n) is 35.4. The maximum atomic E-state index is 11.7. The Bertz CT molecular complexity index is 2080. The van der Waals surface area contributed by atoms with E-state index in [1.807, 2.05) is 146 Å². The van der Waals surface area contributed by atoms with Crippen molar-refractivity contribution in [1.29, 1.82) is 0 Å². The third-order valence-electron chi connectivity index (χ3n) is 11.2. The molecule has 332 valence electrons. The molecule has 3 heterocycles. The Kier molecular flexibility index (Phi) is 16.1. The first kappa shape index (κ1) is 44.8. The molecule has 0 radical (unpaired) electrons. The van der Waals surface area contributed by atoms with Gasteiger partial charge in [-0.05, 0) is 34.4 Å². The van der Waals surface area contributed by atoms with Crippen LogP contribution in [0.5, 0.6) is 5.75 Å². The third kappa shape index (κ3) is 11.9. The van der Waals surface area contributed by atoms with Gasteiger partial charge in [0.2, 0.25) is 0 Å². The number of hydrogen-bond acceptors (Lipinski definition) is 12. The Balaban J connectivity index is 1.14. The van der Waals surface area contributed by atoms with Crippen molar-refractivity contribution in [3.8, 4) is 5.75 Å². The van der Waals surface area contributed by atoms with Crippen LogP contribution in [-0.2, 0) is 73.8 Å². The number of hydrogen-bond donors (Lipinski definition) is 1. The van der Waals surface area contributed by atoms with E-state index >= 15 is 0 Å². The largest absolute Gasteiger partial charge is 0.497 e. The summed E-state index contributed by atoms with van der Waals surface area (Å²) >= 11 is 0. The van der Waals surface area contributed by atoms with Crippen LogP contribution in [0, 0.1) is 0 Å². The number of ether oxygens (including phenoxy) is 11. The van der Waals surface area contributed by atoms with Crippen LogP contribution in [0.15, 0.2) is 158 Å². The fourth-order valence-electron chi connectivity index (χ4n) is 8.02. The molecule has 5 aromatic rings. The maximum Gasteiger partial charge on any atom is 0.187 e. The molecule has 5 aromatic carbocycles. The summed E-state index contributed by atoms with van der Waals surface area (Å²) in [5.41, 5.74) is 4.63. The van der Waals surface area contributed by atoms with E-state index in [0.29, 0.717) is 12.4 Å². The number of aliphatic hydroxyl groups excluding tert-OH is 1. The molecule has 11 atom stereocenters. The van der Waals surface area contributed by atoms with Gasteiger partial charge in [-0.15, -0.1) is 6.58 Å². The molecule has 0 saturated carbocycles. The average molecular weight is 861 g/mol. The molecule has 12 heteroatoms. The second-order valence-corrected chi connectivity index (χ2v) is 15.6. The number of fused-ring (bicyclic) bond motifs is 1. The average Bonchev–Trinajstić information content (AvgIpc) is 3.33. The van der Waals surface area contributed by atoms with Crippen molar-refractivity contribution in [2.24, 2.45) is 0 Å². The van der Waals surface area contributed by atoms with Gasteiger partial charge in [-0.1, -0.05) is 140 Å². The lowest BCUT2D eigenvalue weighted by molar-refractivity contribution is -0.397. The predicted molar refractivity (Wildman–Crippen MR) is 232 cm³/mol. The summed E-state index contributed by atoms with van der Waals surface area (Å²) < 4.78 is 71.8. The van der Waals surface area contributed by atoms with Crippen LogP contribution >= 0.6 is 0 Å². The lowest BCUT2D eigenvalue weighted by Gasteiger charge is -2.51. The highest BCUT2D eigenvalue weighted by Gasteiger charge is 2.55. The lowest BCUT2D eigenvalue weighted by Crippen LogP contribution is -2.67. The van der Waals surface area contributed by atoms with Crippen molar-refractivity contribution in [1.82, 2.24) is 0 Å². The van der Waals surface area contributed by atoms with Crippen molar-refractivity contribution >= 4 is 0 Å². The summed E-state index contributed by atoms with van der Waals surface area (Å²) in [6.45, 7) is 5.39. The molecule has 3 aliphatic heterocycles. The topological polar surface area (TPSA) is 122 Å². The Hall–Kier alpha value is -4.80. The third-order valence-corrected chi connectivity index (χ3v) is 11.2. The number of rotatable bonds is 20. The molecule has 3 saturated heterocycles. The molecule has 3 fully saturated rings. The van der Waals surface area contributed by atoms with Gasteiger partial charge in [-0.25, -0.2) is 0 Å². The second kappa shape index (κ2) is 22.7. The second-order valence-electron chi connectivity index (χ2n) is 15.6. The minimum absolute atomic E-state index is 0.111. The molecule has 0 bridgehead atoms. The Morgan fingerprint density at radius 3 is 1.68 bits per heavy atom. The van der Waals surface area contributed by atoms with E-state index in [4.69, 9.17) is 52.1 Å². The van der Waals surface area contributed by atoms with E-state index in [2.05, 4.69) is 6.58 Å². The molecule has 0 amide bonds. The summed E-state index contributed by atoms with van der Waals surface area (Å²) in [5.74, 6) is 0.699. The molecular formula is C51H56O12. The molecule has 0 aromatic heterocycles. The highest BCUT2D eigenvalue weighted by atomic mass is 16.8. The standard InChI is InChI=1S/C51H56O12/c1-3-28-55-48-45(57-31-37-20-12-6-13-21-37)43(56-30-36-18-10-5-11-19-36)41(33-54-29-35-16-8-4-9-17-35)61-51(48)63-46-44-42(34-59-50(62-44)39-24-26-40(53-2)27-25-39)60-49(52)47(46)58-32-38-22-14-7-15-23-38/h3-27,41-52H,1,28-34H2,2H3/t41-,42-,43-,44-,45+,46+,47-,48-,49+,50?,51-/m1/s1. The first-order chi connectivity index (χ1) is 31.1. The van der Waals surface area contributed by atoms with E-state index in [9.17, 15) is 5.11 Å². The van der Waals surface area contributed by atoms with Gasteiger partial charge in [0.15, 0.2) is 18.9 Å². The quantitative estimate of drug-likeness (QED) is 0.0782. The smallest absolute Gasteiger partial charge is 0.187 e. The molecule has 1 N–H and O–H groups in total. The van der Waals surface area contributed by atoms with Crippen molar-refractivity contribution < 1.29 is 57.2 Å². The highest BCUT2D eigenvalue weighted by Crippen LogP contribution is 2.39. The summed E-state index contributed by atoms with van der Waals surface area (Å²) in [7, 11) is 1.61. The molecule has 1 unspecified atom stereocenters. The van der Waals surface area contributed by atoms with Crippen molar-refractivity contribution in [2.45, 2.75) is 94.1 Å². The Labute approximate surface area is 369 Å². The van der Waals surface area contributed by atoms with Crippen LogP contribution < -0.4 is 4.74 Å². The summed E-state index contributed by atoms with van der Waals surface area (Å²) in [6.07, 6.45) is -8.15. The van der Waals surface area contributed by atoms with Gasteiger partial charge in [0.25, 0.3) is 0 Å². The summed E-state index contributed by atoms with van der Waals surface area (Å²) in [6, 6.07) is 47.0. The normalized spacial score (nSPS) is 28.2. The zero-order chi connectivity index (χ0) is 43.2. The number of aliphatic hydroxyl groups is 1. The summed E-state index contributed by atoms with van der Waals surface area (Å²) in [4.78, 5) is 0. The minimum atomic E-state index is -1.40. The molecular weight excluding hydrogens is 805 g/mol. The van der Waals surface area contributed by atoms with E-state index in [1.54, 1.807) is 13.2 Å². The van der Waals surface area contributed by atoms with E-state index in [0.717, 1.165) is 27.8 Å². The molecule has 0 aliphatic carbocycles. The predicted octanol–water partition coefficient (Wildman–Crippen LogP) is 7.48. The molecule has 3 aliphatic rings. The monoisotopic (exact) mass is 860 g/mol. The van der Waals surface area contributed by atoms with E-state index < -0.39 is 67.7 Å². The van der Waals surface area contributed by atoms with Gasteiger partial charge in [-0.2, -0.15) is 0 Å². The first-order valence-corrected chi connectivity index (χ1v) is 21.4. The van der Waals surface area contributed by atoms with Crippen LogP contribution in [0.2, 0.25) is 0 Å².